The monoisotopic (exact) mass is 140 g/mol. The zero-order chi connectivity index (χ0) is 7.72. The Labute approximate surface area is 62.9 Å². The van der Waals surface area contributed by atoms with Gasteiger partial charge in [0, 0.05) is 17.8 Å². The van der Waals surface area contributed by atoms with Crippen molar-refractivity contribution in [2.24, 2.45) is 0 Å². The van der Waals surface area contributed by atoms with Gasteiger partial charge in [0.25, 0.3) is 0 Å². The SMILES string of the molecule is CC1=CC(C)NN1C(C)C. The van der Waals surface area contributed by atoms with Gasteiger partial charge in [-0.05, 0) is 33.8 Å². The smallest absolute Gasteiger partial charge is 0.0434 e. The summed E-state index contributed by atoms with van der Waals surface area (Å²) in [6.07, 6.45) is 2.24. The lowest BCUT2D eigenvalue weighted by Gasteiger charge is -2.25. The number of hydrogen-bond acceptors (Lipinski definition) is 2. The second kappa shape index (κ2) is 2.62. The van der Waals surface area contributed by atoms with Gasteiger partial charge >= 0.3 is 0 Å². The van der Waals surface area contributed by atoms with E-state index < -0.39 is 0 Å². The lowest BCUT2D eigenvalue weighted by atomic mass is 10.3. The standard InChI is InChI=1S/C8H16N2/c1-6(2)10-8(4)5-7(3)9-10/h5-7,9H,1-4H3. The molecule has 10 heavy (non-hydrogen) atoms. The van der Waals surface area contributed by atoms with Crippen molar-refractivity contribution < 1.29 is 0 Å². The normalized spacial score (nSPS) is 25.9. The lowest BCUT2D eigenvalue weighted by Crippen LogP contribution is -2.40. The van der Waals surface area contributed by atoms with Crippen LogP contribution in [0.2, 0.25) is 0 Å². The fourth-order valence-corrected chi connectivity index (χ4v) is 1.36. The van der Waals surface area contributed by atoms with Crippen molar-refractivity contribution in [3.05, 3.63) is 11.8 Å². The van der Waals surface area contributed by atoms with Crippen LogP contribution in [-0.2, 0) is 0 Å². The number of hydrazine groups is 1. The van der Waals surface area contributed by atoms with Crippen LogP contribution in [0, 0.1) is 0 Å². The van der Waals surface area contributed by atoms with E-state index in [4.69, 9.17) is 0 Å². The molecule has 0 radical (unpaired) electrons. The number of hydrogen-bond donors (Lipinski definition) is 1. The molecule has 1 heterocycles. The molecule has 0 saturated carbocycles. The van der Waals surface area contributed by atoms with Gasteiger partial charge in [0.1, 0.15) is 0 Å². The minimum Gasteiger partial charge on any atom is -0.310 e. The minimum absolute atomic E-state index is 0.502. The highest BCUT2D eigenvalue weighted by atomic mass is 15.5. The Balaban J connectivity index is 2.59. The quantitative estimate of drug-likeness (QED) is 0.594. The van der Waals surface area contributed by atoms with Crippen LogP contribution in [0.4, 0.5) is 0 Å². The van der Waals surface area contributed by atoms with Crippen LogP contribution in [0.1, 0.15) is 27.7 Å². The molecule has 0 aromatic carbocycles. The Hall–Kier alpha value is -0.500. The van der Waals surface area contributed by atoms with Gasteiger partial charge in [-0.15, -0.1) is 0 Å². The van der Waals surface area contributed by atoms with Crippen molar-refractivity contribution in [2.45, 2.75) is 39.8 Å². The van der Waals surface area contributed by atoms with E-state index in [0.29, 0.717) is 12.1 Å². The molecule has 2 nitrogen and oxygen atoms in total. The third kappa shape index (κ3) is 1.32. The number of rotatable bonds is 1. The topological polar surface area (TPSA) is 15.3 Å². The lowest BCUT2D eigenvalue weighted by molar-refractivity contribution is 0.210. The highest BCUT2D eigenvalue weighted by Crippen LogP contribution is 2.13. The average Bonchev–Trinajstić information content (AvgIpc) is 2.10. The molecule has 1 N–H and O–H groups in total. The van der Waals surface area contributed by atoms with Gasteiger partial charge in [0.2, 0.25) is 0 Å². The van der Waals surface area contributed by atoms with Crippen molar-refractivity contribution >= 4 is 0 Å². The molecule has 0 amide bonds. The van der Waals surface area contributed by atoms with Gasteiger partial charge in [-0.25, -0.2) is 5.43 Å². The van der Waals surface area contributed by atoms with Crippen LogP contribution in [0.3, 0.4) is 0 Å². The molecule has 0 aliphatic carbocycles. The second-order valence-corrected chi connectivity index (χ2v) is 3.19. The highest BCUT2D eigenvalue weighted by Gasteiger charge is 2.17. The van der Waals surface area contributed by atoms with Gasteiger partial charge in [0.15, 0.2) is 0 Å². The van der Waals surface area contributed by atoms with Crippen LogP contribution in [0.5, 0.6) is 0 Å². The molecule has 1 rings (SSSR count). The van der Waals surface area contributed by atoms with Gasteiger partial charge in [-0.3, -0.25) is 0 Å². The van der Waals surface area contributed by atoms with Gasteiger partial charge in [-0.1, -0.05) is 0 Å². The summed E-state index contributed by atoms with van der Waals surface area (Å²) in [7, 11) is 0. The Morgan fingerprint density at radius 1 is 1.60 bits per heavy atom. The molecule has 1 aliphatic heterocycles. The summed E-state index contributed by atoms with van der Waals surface area (Å²) in [5, 5.41) is 2.20. The summed E-state index contributed by atoms with van der Waals surface area (Å²) < 4.78 is 0. The van der Waals surface area contributed by atoms with Crippen LogP contribution in [-0.4, -0.2) is 17.1 Å². The van der Waals surface area contributed by atoms with E-state index in [1.54, 1.807) is 0 Å². The second-order valence-electron chi connectivity index (χ2n) is 3.19. The first-order chi connectivity index (χ1) is 4.61. The van der Waals surface area contributed by atoms with E-state index in [-0.39, 0.29) is 0 Å². The third-order valence-electron chi connectivity index (χ3n) is 1.73. The molecule has 1 aliphatic rings. The molecule has 2 heteroatoms. The Morgan fingerprint density at radius 2 is 2.20 bits per heavy atom. The van der Waals surface area contributed by atoms with E-state index in [1.165, 1.54) is 5.70 Å². The minimum atomic E-state index is 0.502. The van der Waals surface area contributed by atoms with Gasteiger partial charge in [0.05, 0.1) is 0 Å². The zero-order valence-electron chi connectivity index (χ0n) is 7.18. The van der Waals surface area contributed by atoms with E-state index in [2.05, 4.69) is 44.2 Å². The predicted molar refractivity (Wildman–Crippen MR) is 43.3 cm³/mol. The average molecular weight is 140 g/mol. The molecular formula is C8H16N2. The zero-order valence-corrected chi connectivity index (χ0v) is 7.18. The van der Waals surface area contributed by atoms with E-state index >= 15 is 0 Å². The molecule has 0 bridgehead atoms. The maximum Gasteiger partial charge on any atom is 0.0434 e. The molecule has 0 spiro atoms. The van der Waals surface area contributed by atoms with E-state index in [0.717, 1.165) is 0 Å². The first-order valence-corrected chi connectivity index (χ1v) is 3.85. The molecule has 0 aromatic heterocycles. The number of nitrogens with zero attached hydrogens (tertiary/aromatic N) is 1. The Kier molecular flexibility index (Phi) is 2.00. The maximum absolute atomic E-state index is 3.34. The van der Waals surface area contributed by atoms with Gasteiger partial charge in [-0.2, -0.15) is 0 Å². The highest BCUT2D eigenvalue weighted by molar-refractivity contribution is 5.08. The first kappa shape index (κ1) is 7.61. The van der Waals surface area contributed by atoms with Crippen molar-refractivity contribution in [3.63, 3.8) is 0 Å². The molecule has 0 saturated heterocycles. The van der Waals surface area contributed by atoms with Crippen molar-refractivity contribution in [1.29, 1.82) is 0 Å². The fourth-order valence-electron chi connectivity index (χ4n) is 1.36. The molecule has 0 fully saturated rings. The molecule has 58 valence electrons. The summed E-state index contributed by atoms with van der Waals surface area (Å²) in [5.74, 6) is 0. The third-order valence-corrected chi connectivity index (χ3v) is 1.73. The van der Waals surface area contributed by atoms with Crippen LogP contribution in [0.25, 0.3) is 0 Å². The van der Waals surface area contributed by atoms with Crippen molar-refractivity contribution in [3.8, 4) is 0 Å². The van der Waals surface area contributed by atoms with Crippen molar-refractivity contribution in [2.75, 3.05) is 0 Å². The summed E-state index contributed by atoms with van der Waals surface area (Å²) in [4.78, 5) is 0. The molecule has 1 unspecified atom stereocenters. The predicted octanol–water partition coefficient (Wildman–Crippen LogP) is 1.51. The summed E-state index contributed by atoms with van der Waals surface area (Å²) in [6, 6.07) is 1.06. The molecule has 0 aromatic rings. The fraction of sp³-hybridized carbons (Fsp3) is 0.750. The largest absolute Gasteiger partial charge is 0.310 e. The van der Waals surface area contributed by atoms with Gasteiger partial charge < -0.3 is 5.01 Å². The van der Waals surface area contributed by atoms with E-state index in [9.17, 15) is 0 Å². The maximum atomic E-state index is 3.34. The summed E-state index contributed by atoms with van der Waals surface area (Å²) in [5.41, 5.74) is 4.68. The summed E-state index contributed by atoms with van der Waals surface area (Å²) in [6.45, 7) is 8.66. The summed E-state index contributed by atoms with van der Waals surface area (Å²) >= 11 is 0. The number of allylic oxidation sites excluding steroid dienone is 1. The first-order valence-electron chi connectivity index (χ1n) is 3.85. The Bertz CT molecular complexity index is 149. The Morgan fingerprint density at radius 3 is 2.40 bits per heavy atom. The van der Waals surface area contributed by atoms with Crippen LogP contribution >= 0.6 is 0 Å². The number of nitrogens with one attached hydrogen (secondary N) is 1. The van der Waals surface area contributed by atoms with E-state index in [1.807, 2.05) is 0 Å². The molecular weight excluding hydrogens is 124 g/mol. The molecule has 1 atom stereocenters. The van der Waals surface area contributed by atoms with Crippen LogP contribution in [0.15, 0.2) is 11.8 Å². The van der Waals surface area contributed by atoms with Crippen LogP contribution < -0.4 is 5.43 Å². The van der Waals surface area contributed by atoms with Crippen molar-refractivity contribution in [1.82, 2.24) is 10.4 Å².